The Hall–Kier alpha value is -3.12. The van der Waals surface area contributed by atoms with E-state index in [1.165, 1.54) is 10.8 Å². The molecule has 29 heavy (non-hydrogen) atoms. The Morgan fingerprint density at radius 3 is 2.62 bits per heavy atom. The number of aryl methyl sites for hydroxylation is 2. The van der Waals surface area contributed by atoms with Crippen LogP contribution in [0.1, 0.15) is 27.5 Å². The Morgan fingerprint density at radius 2 is 1.86 bits per heavy atom. The molecule has 5 rings (SSSR count). The Labute approximate surface area is 169 Å². The molecule has 1 aliphatic heterocycles. The number of carbonyl (C=O) groups is 1. The minimum atomic E-state index is 0.0715. The fraction of sp³-hybridized carbons (Fsp3) is 0.304. The lowest BCUT2D eigenvalue weighted by molar-refractivity contribution is 0.0623. The molecule has 0 aliphatic carbocycles. The number of H-pyrrole nitrogens is 1. The van der Waals surface area contributed by atoms with Gasteiger partial charge in [0.05, 0.1) is 5.69 Å². The molecule has 0 unspecified atom stereocenters. The molecule has 0 radical (unpaired) electrons. The van der Waals surface area contributed by atoms with Crippen molar-refractivity contribution in [3.8, 4) is 0 Å². The van der Waals surface area contributed by atoms with Crippen LogP contribution in [0.2, 0.25) is 0 Å². The highest BCUT2D eigenvalue weighted by molar-refractivity contribution is 6.09. The standard InChI is InChI=1S/C23H24N4O2/c1-15-20(16(2)29-25-15)14-26-9-11-27(12-10-26)23(28)22-13-19-18-6-4-3-5-17(18)7-8-21(19)24-22/h3-8,13,24H,9-12,14H2,1-2H3. The topological polar surface area (TPSA) is 65.4 Å². The number of hydrogen-bond donors (Lipinski definition) is 1. The second kappa shape index (κ2) is 7.04. The second-order valence-corrected chi connectivity index (χ2v) is 7.80. The maximum atomic E-state index is 13.1. The predicted octanol–water partition coefficient (Wildman–Crippen LogP) is 3.88. The molecule has 148 valence electrons. The SMILES string of the molecule is Cc1noc(C)c1CN1CCN(C(=O)c2cc3c(ccc4ccccc43)[nH]2)CC1. The summed E-state index contributed by atoms with van der Waals surface area (Å²) in [4.78, 5) is 20.7. The van der Waals surface area contributed by atoms with Gasteiger partial charge < -0.3 is 14.4 Å². The number of aromatic amines is 1. The quantitative estimate of drug-likeness (QED) is 0.578. The van der Waals surface area contributed by atoms with Crippen LogP contribution in [0.25, 0.3) is 21.7 Å². The summed E-state index contributed by atoms with van der Waals surface area (Å²) in [5.74, 6) is 0.952. The lowest BCUT2D eigenvalue weighted by atomic mass is 10.1. The van der Waals surface area contributed by atoms with Gasteiger partial charge in [-0.1, -0.05) is 35.5 Å². The van der Waals surface area contributed by atoms with Gasteiger partial charge in [0, 0.05) is 49.2 Å². The van der Waals surface area contributed by atoms with Gasteiger partial charge in [0.15, 0.2) is 0 Å². The van der Waals surface area contributed by atoms with E-state index in [9.17, 15) is 4.79 Å². The summed E-state index contributed by atoms with van der Waals surface area (Å²) in [5.41, 5.74) is 3.78. The number of fused-ring (bicyclic) bond motifs is 3. The number of carbonyl (C=O) groups excluding carboxylic acids is 1. The highest BCUT2D eigenvalue weighted by Crippen LogP contribution is 2.26. The number of nitrogens with one attached hydrogen (secondary N) is 1. The first-order valence-corrected chi connectivity index (χ1v) is 10.0. The lowest BCUT2D eigenvalue weighted by Gasteiger charge is -2.34. The van der Waals surface area contributed by atoms with Gasteiger partial charge >= 0.3 is 0 Å². The van der Waals surface area contributed by atoms with E-state index in [4.69, 9.17) is 4.52 Å². The molecule has 3 heterocycles. The van der Waals surface area contributed by atoms with Crippen molar-refractivity contribution < 1.29 is 9.32 Å². The molecular formula is C23H24N4O2. The monoisotopic (exact) mass is 388 g/mol. The number of benzene rings is 2. The summed E-state index contributed by atoms with van der Waals surface area (Å²) in [6, 6.07) is 14.4. The predicted molar refractivity (Wildman–Crippen MR) is 113 cm³/mol. The average Bonchev–Trinajstić information content (AvgIpc) is 3.33. The second-order valence-electron chi connectivity index (χ2n) is 7.80. The molecule has 2 aromatic heterocycles. The normalized spacial score (nSPS) is 15.4. The maximum absolute atomic E-state index is 13.1. The number of piperazine rings is 1. The van der Waals surface area contributed by atoms with Crippen molar-refractivity contribution in [1.29, 1.82) is 0 Å². The van der Waals surface area contributed by atoms with Crippen LogP contribution in [0.5, 0.6) is 0 Å². The van der Waals surface area contributed by atoms with E-state index >= 15 is 0 Å². The van der Waals surface area contributed by atoms with Gasteiger partial charge in [-0.2, -0.15) is 0 Å². The zero-order valence-electron chi connectivity index (χ0n) is 16.7. The minimum absolute atomic E-state index is 0.0715. The zero-order chi connectivity index (χ0) is 20.0. The lowest BCUT2D eigenvalue weighted by Crippen LogP contribution is -2.48. The summed E-state index contributed by atoms with van der Waals surface area (Å²) in [6.07, 6.45) is 0. The molecule has 4 aromatic rings. The van der Waals surface area contributed by atoms with E-state index in [1.807, 2.05) is 36.9 Å². The van der Waals surface area contributed by atoms with Crippen LogP contribution in [0.4, 0.5) is 0 Å². The Morgan fingerprint density at radius 1 is 1.07 bits per heavy atom. The van der Waals surface area contributed by atoms with Crippen LogP contribution in [-0.2, 0) is 6.54 Å². The summed E-state index contributed by atoms with van der Waals surface area (Å²) in [5, 5.41) is 7.49. The highest BCUT2D eigenvalue weighted by atomic mass is 16.5. The number of amides is 1. The molecule has 1 fully saturated rings. The highest BCUT2D eigenvalue weighted by Gasteiger charge is 2.24. The van der Waals surface area contributed by atoms with Gasteiger partial charge in [0.2, 0.25) is 0 Å². The van der Waals surface area contributed by atoms with Gasteiger partial charge in [-0.15, -0.1) is 0 Å². The minimum Gasteiger partial charge on any atom is -0.361 e. The zero-order valence-corrected chi connectivity index (χ0v) is 16.7. The summed E-state index contributed by atoms with van der Waals surface area (Å²) >= 11 is 0. The van der Waals surface area contributed by atoms with Crippen molar-refractivity contribution in [2.24, 2.45) is 0 Å². The van der Waals surface area contributed by atoms with Gasteiger partial charge in [0.1, 0.15) is 11.5 Å². The van der Waals surface area contributed by atoms with Crippen LogP contribution in [-0.4, -0.2) is 52.0 Å². The molecule has 0 spiro atoms. The fourth-order valence-corrected chi connectivity index (χ4v) is 4.23. The van der Waals surface area contributed by atoms with Crippen molar-refractivity contribution in [3.63, 3.8) is 0 Å². The van der Waals surface area contributed by atoms with E-state index in [0.717, 1.165) is 60.6 Å². The Bertz CT molecular complexity index is 1180. The van der Waals surface area contributed by atoms with Crippen molar-refractivity contribution in [1.82, 2.24) is 19.9 Å². The largest absolute Gasteiger partial charge is 0.361 e. The molecule has 1 saturated heterocycles. The Kier molecular flexibility index (Phi) is 4.36. The molecule has 1 amide bonds. The summed E-state index contributed by atoms with van der Waals surface area (Å²) in [6.45, 7) is 7.88. The first kappa shape index (κ1) is 17.9. The van der Waals surface area contributed by atoms with Crippen LogP contribution in [0, 0.1) is 13.8 Å². The van der Waals surface area contributed by atoms with Crippen LogP contribution in [0.15, 0.2) is 47.0 Å². The molecule has 6 nitrogen and oxygen atoms in total. The third kappa shape index (κ3) is 3.19. The molecule has 0 saturated carbocycles. The van der Waals surface area contributed by atoms with Gasteiger partial charge in [0.25, 0.3) is 5.91 Å². The maximum Gasteiger partial charge on any atom is 0.270 e. The van der Waals surface area contributed by atoms with E-state index in [1.54, 1.807) is 0 Å². The smallest absolute Gasteiger partial charge is 0.270 e. The summed E-state index contributed by atoms with van der Waals surface area (Å²) in [7, 11) is 0. The van der Waals surface area contributed by atoms with Crippen molar-refractivity contribution >= 4 is 27.6 Å². The molecule has 1 aliphatic rings. The Balaban J connectivity index is 1.31. The van der Waals surface area contributed by atoms with Crippen molar-refractivity contribution in [2.75, 3.05) is 26.2 Å². The number of nitrogens with zero attached hydrogens (tertiary/aromatic N) is 3. The molecule has 0 atom stereocenters. The van der Waals surface area contributed by atoms with Crippen molar-refractivity contribution in [2.45, 2.75) is 20.4 Å². The third-order valence-electron chi connectivity index (χ3n) is 5.98. The van der Waals surface area contributed by atoms with Crippen LogP contribution >= 0.6 is 0 Å². The first-order chi connectivity index (χ1) is 14.1. The molecule has 0 bridgehead atoms. The third-order valence-corrected chi connectivity index (χ3v) is 5.98. The fourth-order valence-electron chi connectivity index (χ4n) is 4.23. The van der Waals surface area contributed by atoms with Crippen molar-refractivity contribution in [3.05, 3.63) is 65.2 Å². The van der Waals surface area contributed by atoms with E-state index < -0.39 is 0 Å². The summed E-state index contributed by atoms with van der Waals surface area (Å²) < 4.78 is 5.27. The molecule has 6 heteroatoms. The van der Waals surface area contributed by atoms with E-state index in [-0.39, 0.29) is 5.91 Å². The van der Waals surface area contributed by atoms with E-state index in [2.05, 4.69) is 39.3 Å². The number of rotatable bonds is 3. The number of hydrogen-bond acceptors (Lipinski definition) is 4. The number of aromatic nitrogens is 2. The van der Waals surface area contributed by atoms with Crippen LogP contribution < -0.4 is 0 Å². The van der Waals surface area contributed by atoms with E-state index in [0.29, 0.717) is 5.69 Å². The molecule has 1 N–H and O–H groups in total. The van der Waals surface area contributed by atoms with Gasteiger partial charge in [-0.3, -0.25) is 9.69 Å². The molecular weight excluding hydrogens is 364 g/mol. The molecule has 2 aromatic carbocycles. The van der Waals surface area contributed by atoms with Gasteiger partial charge in [-0.25, -0.2) is 0 Å². The van der Waals surface area contributed by atoms with Crippen LogP contribution in [0.3, 0.4) is 0 Å². The van der Waals surface area contributed by atoms with Gasteiger partial charge in [-0.05, 0) is 36.8 Å². The first-order valence-electron chi connectivity index (χ1n) is 10.0. The average molecular weight is 388 g/mol.